The maximum atomic E-state index is 15.9. The van der Waals surface area contributed by atoms with E-state index in [2.05, 4.69) is 28.1 Å². The molecule has 0 radical (unpaired) electrons. The van der Waals surface area contributed by atoms with Crippen LogP contribution in [-0.4, -0.2) is 91.5 Å². The number of hydrogen-bond acceptors (Lipinski definition) is 24. The van der Waals surface area contributed by atoms with E-state index in [0.717, 1.165) is 30.2 Å². The molecule has 1 N–H and O–H groups in total. The van der Waals surface area contributed by atoms with Crippen molar-refractivity contribution in [2.45, 2.75) is 83.8 Å². The SMILES string of the molecule is CC1(C)C(/C=C/C(=C/C=C2/N(CCCS(=O)(=O)[O-])c3ccc4c(S(=O)(=O)[O-])cc(SOO[O-])cc4c3C2(C)C)c2cc(F)cc(OCCCC(=O)O)c2)=[N+](CCCSOO[O-])c2ccc3c(SOO[O-])cc(S(=O)(=O)[O-])cc3c21.[Na+].[Na+].[Na+].[Na+].[Na+]. The van der Waals surface area contributed by atoms with E-state index >= 15 is 4.39 Å². The number of carboxylic acid groups (broad SMARTS) is 1. The van der Waals surface area contributed by atoms with Crippen LogP contribution in [0.3, 0.4) is 0 Å². The first kappa shape index (κ1) is 80.0. The first-order valence-electron chi connectivity index (χ1n) is 23.3. The molecule has 0 bridgehead atoms. The molecular weight excluding hydrogens is 1280 g/mol. The maximum Gasteiger partial charge on any atom is 1.00 e. The number of rotatable bonds is 27. The topological polar surface area (TPSA) is 349 Å². The summed E-state index contributed by atoms with van der Waals surface area (Å²) in [6.07, 6.45) is 6.61. The Kier molecular flexibility index (Phi) is 32.9. The van der Waals surface area contributed by atoms with Gasteiger partial charge in [0.1, 0.15) is 38.3 Å². The summed E-state index contributed by atoms with van der Waals surface area (Å²) in [5, 5.41) is 53.0. The maximum absolute atomic E-state index is 15.9. The van der Waals surface area contributed by atoms with Crippen molar-refractivity contribution in [3.05, 3.63) is 119 Å². The van der Waals surface area contributed by atoms with E-state index in [1.165, 1.54) is 36.4 Å². The van der Waals surface area contributed by atoms with Crippen LogP contribution in [0.1, 0.15) is 70.1 Å². The molecule has 0 aromatic heterocycles. The monoisotopic (exact) mass is 1320 g/mol. The van der Waals surface area contributed by atoms with Crippen molar-refractivity contribution in [1.82, 2.24) is 0 Å². The van der Waals surface area contributed by atoms with E-state index in [0.29, 0.717) is 69.8 Å². The number of benzene rings is 5. The summed E-state index contributed by atoms with van der Waals surface area (Å²) in [6, 6.07) is 14.8. The third-order valence-electron chi connectivity index (χ3n) is 13.0. The number of nitrogens with zero attached hydrogens (tertiary/aromatic N) is 2. The molecular formula is C49H46FN2Na5O21S6. The van der Waals surface area contributed by atoms with Gasteiger partial charge in [0, 0.05) is 93.3 Å². The molecule has 426 valence electrons. The molecule has 0 spiro atoms. The van der Waals surface area contributed by atoms with Crippen LogP contribution in [0.2, 0.25) is 0 Å². The van der Waals surface area contributed by atoms with Crippen molar-refractivity contribution in [2.75, 3.05) is 36.1 Å². The Balaban J connectivity index is 0.00000482. The van der Waals surface area contributed by atoms with Gasteiger partial charge in [-0.3, -0.25) is 19.9 Å². The van der Waals surface area contributed by atoms with Gasteiger partial charge in [-0.05, 0) is 126 Å². The zero-order valence-electron chi connectivity index (χ0n) is 46.9. The van der Waals surface area contributed by atoms with Gasteiger partial charge >= 0.3 is 154 Å². The summed E-state index contributed by atoms with van der Waals surface area (Å²) >= 11 is 1.46. The zero-order chi connectivity index (χ0) is 57.7. The Labute approximate surface area is 607 Å². The first-order chi connectivity index (χ1) is 37.2. The Bertz CT molecular complexity index is 3670. The van der Waals surface area contributed by atoms with Crippen LogP contribution >= 0.6 is 36.1 Å². The molecule has 0 fully saturated rings. The average molecular weight is 1330 g/mol. The standard InChI is InChI=1S/C49H51FN2O21S6.5Na/c1-48(2)44(52(18-7-21-77(58,59)60)40-14-12-36-37(46(40)48)25-33(75-72-69-56)26-42(36)79(64,65)66)16-10-29(30-22-31(50)24-32(23-30)67-19-5-8-45(53)54)9-15-43-49(3,4)47-38-27-34(78(61,62)63)28-41(76-73-70-57)35(38)11-13-39(47)51(43)17-6-20-74-71-68-55;;;;;/h9-16,22-28H,5-8,17-21H2,1-4H3,(H6-,53,54,55,56,57,58,59,60,61,62,63,64,65,66);;;;;/q;5*+1/p-5. The number of aliphatic carboxylic acids is 1. The molecule has 0 unspecified atom stereocenters. The van der Waals surface area contributed by atoms with E-state index in [-0.39, 0.29) is 235 Å². The van der Waals surface area contributed by atoms with Crippen molar-refractivity contribution >= 4 is 117 Å². The molecule has 0 saturated carbocycles. The van der Waals surface area contributed by atoms with E-state index in [9.17, 15) is 64.6 Å². The first-order valence-corrected chi connectivity index (χ1v) is 30.1. The molecule has 0 saturated heterocycles. The minimum Gasteiger partial charge on any atom is -0.748 e. The number of carbonyl (C=O) groups is 1. The third kappa shape index (κ3) is 19.7. The molecule has 0 aliphatic carbocycles. The number of anilines is 1. The molecule has 2 aliphatic rings. The Hall–Kier alpha value is -0.0700. The number of halogens is 1. The molecule has 7 rings (SSSR count). The van der Waals surface area contributed by atoms with Crippen LogP contribution in [0, 0.1) is 5.82 Å². The second-order valence-electron chi connectivity index (χ2n) is 18.7. The molecule has 2 aliphatic heterocycles. The van der Waals surface area contributed by atoms with Gasteiger partial charge in [-0.15, -0.1) is 0 Å². The number of carboxylic acids is 1. The van der Waals surface area contributed by atoms with Crippen molar-refractivity contribution in [1.29, 1.82) is 0 Å². The van der Waals surface area contributed by atoms with Crippen LogP contribution in [-0.2, 0) is 74.1 Å². The molecule has 35 heteroatoms. The summed E-state index contributed by atoms with van der Waals surface area (Å²) in [5.74, 6) is -2.34. The Morgan fingerprint density at radius 1 is 0.738 bits per heavy atom. The van der Waals surface area contributed by atoms with Crippen LogP contribution in [0.15, 0.2) is 116 Å². The smallest absolute Gasteiger partial charge is 0.748 e. The minimum atomic E-state index is -5.17. The number of allylic oxidation sites excluding steroid dienone is 6. The van der Waals surface area contributed by atoms with E-state index in [1.54, 1.807) is 55.2 Å². The fourth-order valence-corrected chi connectivity index (χ4v) is 13.1. The second-order valence-corrected chi connectivity index (χ2v) is 25.2. The zero-order valence-corrected chi connectivity index (χ0v) is 61.8. The van der Waals surface area contributed by atoms with Crippen molar-refractivity contribution < 1.29 is 254 Å². The number of ether oxygens (including phenoxy) is 1. The van der Waals surface area contributed by atoms with Gasteiger partial charge < -0.3 is 44.2 Å². The van der Waals surface area contributed by atoms with E-state index in [1.807, 2.05) is 18.4 Å². The van der Waals surface area contributed by atoms with Gasteiger partial charge in [-0.1, -0.05) is 26.0 Å². The summed E-state index contributed by atoms with van der Waals surface area (Å²) in [7, 11) is -15.0. The molecule has 23 nitrogen and oxygen atoms in total. The predicted molar refractivity (Wildman–Crippen MR) is 275 cm³/mol. The largest absolute Gasteiger partial charge is 1.00 e. The van der Waals surface area contributed by atoms with Gasteiger partial charge in [0.05, 0.1) is 56.0 Å². The molecule has 84 heavy (non-hydrogen) atoms. The fourth-order valence-electron chi connectivity index (χ4n) is 9.88. The normalized spacial score (nSPS) is 15.1. The summed E-state index contributed by atoms with van der Waals surface area (Å²) in [4.78, 5) is 11.7. The Morgan fingerprint density at radius 3 is 2.02 bits per heavy atom. The minimum absolute atomic E-state index is 0. The van der Waals surface area contributed by atoms with Gasteiger partial charge in [0.2, 0.25) is 5.69 Å². The van der Waals surface area contributed by atoms with Crippen LogP contribution in [0.5, 0.6) is 5.75 Å². The molecule has 5 aromatic carbocycles. The van der Waals surface area contributed by atoms with Gasteiger partial charge in [0.15, 0.2) is 5.71 Å². The average Bonchev–Trinajstić information content (AvgIpc) is 1.75. The quantitative estimate of drug-likeness (QED) is 0.00746. The summed E-state index contributed by atoms with van der Waals surface area (Å²) in [5.41, 5.74) is 1.11. The number of hydrogen-bond donors (Lipinski definition) is 1. The van der Waals surface area contributed by atoms with Crippen molar-refractivity contribution in [2.24, 2.45) is 0 Å². The summed E-state index contributed by atoms with van der Waals surface area (Å²) in [6.45, 7) is 7.19. The molecule has 5 aromatic rings. The van der Waals surface area contributed by atoms with Gasteiger partial charge in [0.25, 0.3) is 0 Å². The van der Waals surface area contributed by atoms with Crippen LogP contribution in [0.25, 0.3) is 27.1 Å². The van der Waals surface area contributed by atoms with E-state index < -0.39 is 68.5 Å². The summed E-state index contributed by atoms with van der Waals surface area (Å²) < 4.78 is 149. The molecule has 0 atom stereocenters. The fraction of sp³-hybridized carbons (Fsp3) is 0.306. The predicted octanol–water partition coefficient (Wildman–Crippen LogP) is -9.44. The molecule has 0 amide bonds. The third-order valence-corrected chi connectivity index (χ3v) is 17.2. The van der Waals surface area contributed by atoms with Gasteiger partial charge in [-0.2, -0.15) is 17.6 Å². The van der Waals surface area contributed by atoms with Crippen LogP contribution in [0.4, 0.5) is 15.8 Å². The van der Waals surface area contributed by atoms with Gasteiger partial charge in [-0.25, -0.2) is 29.6 Å². The second kappa shape index (κ2) is 34.6. The van der Waals surface area contributed by atoms with E-state index in [4.69, 9.17) is 4.74 Å². The van der Waals surface area contributed by atoms with Crippen LogP contribution < -0.4 is 173 Å². The molecule has 2 heterocycles. The van der Waals surface area contributed by atoms with Crippen molar-refractivity contribution in [3.63, 3.8) is 0 Å². The van der Waals surface area contributed by atoms with Crippen molar-refractivity contribution in [3.8, 4) is 5.75 Å². The number of fused-ring (bicyclic) bond motifs is 6. The Morgan fingerprint density at radius 2 is 1.39 bits per heavy atom.